The molecule has 0 N–H and O–H groups in total. The van der Waals surface area contributed by atoms with Gasteiger partial charge in [-0.3, -0.25) is 9.59 Å². The first-order valence-electron chi connectivity index (χ1n) is 11.3. The average molecular weight is 488 g/mol. The minimum absolute atomic E-state index is 0.274. The van der Waals surface area contributed by atoms with Gasteiger partial charge in [-0.25, -0.2) is 9.59 Å². The average Bonchev–Trinajstić information content (AvgIpc) is 2.84. The van der Waals surface area contributed by atoms with Crippen LogP contribution in [-0.4, -0.2) is 36.1 Å². The van der Waals surface area contributed by atoms with E-state index in [1.165, 1.54) is 62.4 Å². The fraction of sp³-hybridized carbons (Fsp3) is 0.214. The van der Waals surface area contributed by atoms with Crippen molar-refractivity contribution < 1.29 is 38.1 Å². The van der Waals surface area contributed by atoms with E-state index in [1.54, 1.807) is 0 Å². The zero-order valence-corrected chi connectivity index (χ0v) is 19.8. The number of esters is 4. The standard InChI is InChI=1S/C28H24O8/c1-17(29)33-23-11-7-19(8-12-23)27(31)35-25-15-21-5-3-4-6-22(21)16-26(25)36-28(32)20-9-13-24(14-10-20)34-18(2)30/h3-14,25-26H,15-16H2,1-2H3. The summed E-state index contributed by atoms with van der Waals surface area (Å²) in [4.78, 5) is 48.0. The van der Waals surface area contributed by atoms with Gasteiger partial charge in [0.05, 0.1) is 11.1 Å². The van der Waals surface area contributed by atoms with Crippen molar-refractivity contribution in [2.45, 2.75) is 38.9 Å². The number of hydrogen-bond donors (Lipinski definition) is 0. The summed E-state index contributed by atoms with van der Waals surface area (Å²) in [7, 11) is 0. The highest BCUT2D eigenvalue weighted by Gasteiger charge is 2.34. The molecule has 2 atom stereocenters. The Hall–Kier alpha value is -4.46. The first kappa shape index (κ1) is 24.7. The number of ether oxygens (including phenoxy) is 4. The van der Waals surface area contributed by atoms with E-state index >= 15 is 0 Å². The van der Waals surface area contributed by atoms with Gasteiger partial charge in [0.15, 0.2) is 0 Å². The zero-order chi connectivity index (χ0) is 25.7. The number of carbonyl (C=O) groups is 4. The Morgan fingerprint density at radius 2 is 0.944 bits per heavy atom. The highest BCUT2D eigenvalue weighted by molar-refractivity contribution is 5.91. The molecule has 3 aromatic rings. The van der Waals surface area contributed by atoms with Crippen LogP contribution < -0.4 is 9.47 Å². The van der Waals surface area contributed by atoms with Crippen LogP contribution in [0.15, 0.2) is 72.8 Å². The molecule has 0 saturated heterocycles. The van der Waals surface area contributed by atoms with Gasteiger partial charge in [-0.15, -0.1) is 0 Å². The molecular weight excluding hydrogens is 464 g/mol. The Labute approximate surface area is 207 Å². The molecule has 36 heavy (non-hydrogen) atoms. The van der Waals surface area contributed by atoms with Crippen molar-refractivity contribution in [3.05, 3.63) is 95.1 Å². The minimum Gasteiger partial charge on any atom is -0.454 e. The SMILES string of the molecule is CC(=O)Oc1ccc(C(=O)OC2Cc3ccccc3CC2OC(=O)c2ccc(OC(C)=O)cc2)cc1. The lowest BCUT2D eigenvalue weighted by atomic mass is 9.87. The summed E-state index contributed by atoms with van der Waals surface area (Å²) in [6.45, 7) is 2.58. The third-order valence-electron chi connectivity index (χ3n) is 5.60. The largest absolute Gasteiger partial charge is 0.454 e. The number of fused-ring (bicyclic) bond motifs is 1. The third-order valence-corrected chi connectivity index (χ3v) is 5.60. The van der Waals surface area contributed by atoms with E-state index in [0.29, 0.717) is 24.3 Å². The molecule has 4 rings (SSSR count). The highest BCUT2D eigenvalue weighted by atomic mass is 16.6. The summed E-state index contributed by atoms with van der Waals surface area (Å²) in [6, 6.07) is 19.8. The number of carbonyl (C=O) groups excluding carboxylic acids is 4. The van der Waals surface area contributed by atoms with Gasteiger partial charge in [-0.05, 0) is 59.7 Å². The van der Waals surface area contributed by atoms with E-state index in [2.05, 4.69) is 0 Å². The topological polar surface area (TPSA) is 105 Å². The lowest BCUT2D eigenvalue weighted by Crippen LogP contribution is -2.41. The zero-order valence-electron chi connectivity index (χ0n) is 19.8. The summed E-state index contributed by atoms with van der Waals surface area (Å²) in [5.41, 5.74) is 2.57. The lowest BCUT2D eigenvalue weighted by Gasteiger charge is -2.32. The number of rotatable bonds is 6. The van der Waals surface area contributed by atoms with Crippen LogP contribution in [0.5, 0.6) is 11.5 Å². The van der Waals surface area contributed by atoms with Crippen LogP contribution in [0.25, 0.3) is 0 Å². The van der Waals surface area contributed by atoms with Crippen LogP contribution in [0.1, 0.15) is 45.7 Å². The second-order valence-electron chi connectivity index (χ2n) is 8.30. The van der Waals surface area contributed by atoms with Gasteiger partial charge in [-0.2, -0.15) is 0 Å². The maximum atomic E-state index is 12.9. The third kappa shape index (κ3) is 6.15. The Morgan fingerprint density at radius 1 is 0.583 bits per heavy atom. The summed E-state index contributed by atoms with van der Waals surface area (Å²) >= 11 is 0. The molecular formula is C28H24O8. The maximum absolute atomic E-state index is 12.9. The molecule has 0 fully saturated rings. The van der Waals surface area contributed by atoms with Crippen molar-refractivity contribution in [1.29, 1.82) is 0 Å². The molecule has 1 aliphatic carbocycles. The molecule has 1 aliphatic rings. The Kier molecular flexibility index (Phi) is 7.44. The van der Waals surface area contributed by atoms with Crippen LogP contribution in [0, 0.1) is 0 Å². The van der Waals surface area contributed by atoms with Crippen molar-refractivity contribution in [1.82, 2.24) is 0 Å². The Balaban J connectivity index is 1.49. The van der Waals surface area contributed by atoms with Crippen molar-refractivity contribution in [2.24, 2.45) is 0 Å². The molecule has 0 aliphatic heterocycles. The van der Waals surface area contributed by atoms with Crippen molar-refractivity contribution in [3.63, 3.8) is 0 Å². The predicted octanol–water partition coefficient (Wildman–Crippen LogP) is 4.09. The molecule has 3 aromatic carbocycles. The van der Waals surface area contributed by atoms with Gasteiger partial charge in [0.2, 0.25) is 0 Å². The van der Waals surface area contributed by atoms with E-state index in [1.807, 2.05) is 24.3 Å². The molecule has 8 heteroatoms. The summed E-state index contributed by atoms with van der Waals surface area (Å²) < 4.78 is 21.6. The van der Waals surface area contributed by atoms with Crippen LogP contribution in [-0.2, 0) is 31.9 Å². The van der Waals surface area contributed by atoms with Gasteiger partial charge in [0.25, 0.3) is 0 Å². The second-order valence-corrected chi connectivity index (χ2v) is 8.30. The Morgan fingerprint density at radius 3 is 1.28 bits per heavy atom. The van der Waals surface area contributed by atoms with Crippen molar-refractivity contribution in [2.75, 3.05) is 0 Å². The lowest BCUT2D eigenvalue weighted by molar-refractivity contribution is -0.132. The van der Waals surface area contributed by atoms with Gasteiger partial charge in [-0.1, -0.05) is 24.3 Å². The maximum Gasteiger partial charge on any atom is 0.338 e. The highest BCUT2D eigenvalue weighted by Crippen LogP contribution is 2.27. The second kappa shape index (κ2) is 10.9. The molecule has 2 unspecified atom stereocenters. The van der Waals surface area contributed by atoms with Gasteiger partial charge in [0.1, 0.15) is 23.7 Å². The van der Waals surface area contributed by atoms with E-state index in [9.17, 15) is 19.2 Å². The molecule has 0 aromatic heterocycles. The molecule has 0 amide bonds. The van der Waals surface area contributed by atoms with Crippen LogP contribution in [0.3, 0.4) is 0 Å². The summed E-state index contributed by atoms with van der Waals surface area (Å²) in [5.74, 6) is -1.45. The molecule has 0 bridgehead atoms. The van der Waals surface area contributed by atoms with E-state index < -0.39 is 36.1 Å². The van der Waals surface area contributed by atoms with Crippen molar-refractivity contribution >= 4 is 23.9 Å². The minimum atomic E-state index is -0.704. The summed E-state index contributed by atoms with van der Waals surface area (Å²) in [5, 5.41) is 0. The van der Waals surface area contributed by atoms with E-state index in [-0.39, 0.29) is 11.1 Å². The van der Waals surface area contributed by atoms with E-state index in [0.717, 1.165) is 11.1 Å². The molecule has 8 nitrogen and oxygen atoms in total. The fourth-order valence-electron chi connectivity index (χ4n) is 3.95. The predicted molar refractivity (Wildman–Crippen MR) is 128 cm³/mol. The molecule has 184 valence electrons. The number of hydrogen-bond acceptors (Lipinski definition) is 8. The quantitative estimate of drug-likeness (QED) is 0.377. The van der Waals surface area contributed by atoms with Gasteiger partial charge < -0.3 is 18.9 Å². The van der Waals surface area contributed by atoms with Crippen LogP contribution in [0.4, 0.5) is 0 Å². The number of benzene rings is 3. The molecule has 0 spiro atoms. The molecule has 0 saturated carbocycles. The van der Waals surface area contributed by atoms with Gasteiger partial charge in [0, 0.05) is 26.7 Å². The van der Waals surface area contributed by atoms with Crippen molar-refractivity contribution in [3.8, 4) is 11.5 Å². The fourth-order valence-corrected chi connectivity index (χ4v) is 3.95. The van der Waals surface area contributed by atoms with E-state index in [4.69, 9.17) is 18.9 Å². The monoisotopic (exact) mass is 488 g/mol. The van der Waals surface area contributed by atoms with Crippen LogP contribution >= 0.6 is 0 Å². The first-order valence-corrected chi connectivity index (χ1v) is 11.3. The molecule has 0 heterocycles. The van der Waals surface area contributed by atoms with Crippen LogP contribution in [0.2, 0.25) is 0 Å². The first-order chi connectivity index (χ1) is 17.3. The summed E-state index contributed by atoms with van der Waals surface area (Å²) in [6.07, 6.45) is -0.636. The van der Waals surface area contributed by atoms with Gasteiger partial charge >= 0.3 is 23.9 Å². The molecule has 0 radical (unpaired) electrons. The Bertz CT molecular complexity index is 1180. The normalized spacial score (nSPS) is 16.3. The smallest absolute Gasteiger partial charge is 0.338 e.